The van der Waals surface area contributed by atoms with Crippen LogP contribution in [0.5, 0.6) is 0 Å². The molecule has 38 heavy (non-hydrogen) atoms. The number of hydrogen-bond donors (Lipinski definition) is 3. The van der Waals surface area contributed by atoms with E-state index in [1.165, 1.54) is 12.1 Å². The Bertz CT molecular complexity index is 896. The number of aliphatic hydroxyl groups is 1. The van der Waals surface area contributed by atoms with Crippen molar-refractivity contribution in [1.82, 2.24) is 15.5 Å². The largest absolute Gasteiger partial charge is 0.385 e. The average molecular weight is 546 g/mol. The molecule has 10 heteroatoms. The van der Waals surface area contributed by atoms with Gasteiger partial charge in [0.1, 0.15) is 0 Å². The lowest BCUT2D eigenvalue weighted by molar-refractivity contribution is -0.0593. The summed E-state index contributed by atoms with van der Waals surface area (Å²) in [6.45, 7) is 1.68. The number of benzene rings is 1. The molecule has 1 aliphatic carbocycles. The van der Waals surface area contributed by atoms with Gasteiger partial charge in [0.05, 0.1) is 5.60 Å². The molecule has 2 fully saturated rings. The maximum atomic E-state index is 14.9. The number of hydrogen-bond acceptors (Lipinski definition) is 4. The summed E-state index contributed by atoms with van der Waals surface area (Å²) in [6.07, 6.45) is 3.84. The molecular weight excluding hydrogens is 502 g/mol. The van der Waals surface area contributed by atoms with Gasteiger partial charge >= 0.3 is 6.03 Å². The van der Waals surface area contributed by atoms with Gasteiger partial charge in [0.2, 0.25) is 5.92 Å². The number of urea groups is 1. The van der Waals surface area contributed by atoms with Gasteiger partial charge in [-0.2, -0.15) is 0 Å². The Morgan fingerprint density at radius 2 is 1.97 bits per heavy atom. The van der Waals surface area contributed by atoms with E-state index in [-0.39, 0.29) is 49.4 Å². The van der Waals surface area contributed by atoms with Crippen molar-refractivity contribution in [3.63, 3.8) is 0 Å². The van der Waals surface area contributed by atoms with Crippen molar-refractivity contribution in [2.45, 2.75) is 81.8 Å². The van der Waals surface area contributed by atoms with E-state index in [1.54, 1.807) is 19.1 Å². The number of likely N-dealkylation sites (N-methyl/N-ethyl adjacent to an activating group) is 1. The average Bonchev–Trinajstić information content (AvgIpc) is 2.89. The SMILES string of the molecule is CNCC(CC1CCC(F)(F)CC1)NC(=O)N1CCC[C@@H]([C@@](O)(CCCCOC)c2cccc(F)c2F)C1. The van der Waals surface area contributed by atoms with Crippen LogP contribution in [0.3, 0.4) is 0 Å². The highest BCUT2D eigenvalue weighted by Crippen LogP contribution is 2.41. The lowest BCUT2D eigenvalue weighted by Crippen LogP contribution is -2.54. The number of piperidine rings is 1. The van der Waals surface area contributed by atoms with Crippen LogP contribution >= 0.6 is 0 Å². The highest BCUT2D eigenvalue weighted by molar-refractivity contribution is 5.74. The first-order chi connectivity index (χ1) is 18.1. The summed E-state index contributed by atoms with van der Waals surface area (Å²) < 4.78 is 61.3. The predicted molar refractivity (Wildman–Crippen MR) is 138 cm³/mol. The third-order valence-electron chi connectivity index (χ3n) is 8.19. The van der Waals surface area contributed by atoms with Gasteiger partial charge in [0, 0.05) is 63.7 Å². The van der Waals surface area contributed by atoms with Crippen molar-refractivity contribution >= 4 is 6.03 Å². The minimum absolute atomic E-state index is 0.0793. The number of amides is 2. The Morgan fingerprint density at radius 3 is 2.66 bits per heavy atom. The number of likely N-dealkylation sites (tertiary alicyclic amines) is 1. The lowest BCUT2D eigenvalue weighted by atomic mass is 9.74. The third kappa shape index (κ3) is 8.05. The molecule has 3 N–H and O–H groups in total. The molecule has 1 aliphatic heterocycles. The van der Waals surface area contributed by atoms with Crippen LogP contribution in [0.1, 0.15) is 69.8 Å². The van der Waals surface area contributed by atoms with E-state index in [4.69, 9.17) is 4.74 Å². The maximum Gasteiger partial charge on any atom is 0.317 e. The zero-order valence-corrected chi connectivity index (χ0v) is 22.6. The van der Waals surface area contributed by atoms with Crippen LogP contribution in [-0.2, 0) is 10.3 Å². The fourth-order valence-electron chi connectivity index (χ4n) is 6.03. The first-order valence-electron chi connectivity index (χ1n) is 13.8. The van der Waals surface area contributed by atoms with Crippen LogP contribution in [0.2, 0.25) is 0 Å². The molecular formula is C28H43F4N3O3. The van der Waals surface area contributed by atoms with E-state index >= 15 is 0 Å². The molecule has 1 saturated heterocycles. The minimum Gasteiger partial charge on any atom is -0.385 e. The van der Waals surface area contributed by atoms with Gasteiger partial charge in [0.15, 0.2) is 11.6 Å². The zero-order chi connectivity index (χ0) is 27.8. The van der Waals surface area contributed by atoms with Crippen LogP contribution in [0.15, 0.2) is 18.2 Å². The van der Waals surface area contributed by atoms with E-state index in [0.29, 0.717) is 64.6 Å². The van der Waals surface area contributed by atoms with Crippen LogP contribution in [-0.4, -0.2) is 68.4 Å². The molecule has 1 heterocycles. The summed E-state index contributed by atoms with van der Waals surface area (Å²) in [6, 6.07) is 3.32. The molecule has 0 radical (unpaired) electrons. The van der Waals surface area contributed by atoms with Crippen molar-refractivity contribution in [2.24, 2.45) is 11.8 Å². The number of carbonyl (C=O) groups is 1. The van der Waals surface area contributed by atoms with Gasteiger partial charge < -0.3 is 25.4 Å². The van der Waals surface area contributed by atoms with Crippen molar-refractivity contribution in [3.8, 4) is 0 Å². The third-order valence-corrected chi connectivity index (χ3v) is 8.19. The fourth-order valence-corrected chi connectivity index (χ4v) is 6.03. The normalized spacial score (nSPS) is 22.6. The van der Waals surface area contributed by atoms with E-state index in [9.17, 15) is 27.5 Å². The fraction of sp³-hybridized carbons (Fsp3) is 0.750. The molecule has 2 aliphatic rings. The monoisotopic (exact) mass is 545 g/mol. The number of rotatable bonds is 12. The Labute approximate surface area is 223 Å². The lowest BCUT2D eigenvalue weighted by Gasteiger charge is -2.43. The maximum absolute atomic E-state index is 14.9. The molecule has 0 spiro atoms. The van der Waals surface area contributed by atoms with E-state index < -0.39 is 29.1 Å². The number of unbranched alkanes of at least 4 members (excludes halogenated alkanes) is 1. The van der Waals surface area contributed by atoms with Gasteiger partial charge in [0.25, 0.3) is 0 Å². The van der Waals surface area contributed by atoms with Crippen molar-refractivity contribution in [1.29, 1.82) is 0 Å². The van der Waals surface area contributed by atoms with Gasteiger partial charge in [-0.1, -0.05) is 12.1 Å². The second kappa shape index (κ2) is 13.9. The summed E-state index contributed by atoms with van der Waals surface area (Å²) in [5.74, 6) is -5.03. The minimum atomic E-state index is -2.59. The zero-order valence-electron chi connectivity index (χ0n) is 22.6. The summed E-state index contributed by atoms with van der Waals surface area (Å²) in [7, 11) is 3.36. The number of halogens is 4. The van der Waals surface area contributed by atoms with E-state index in [1.807, 2.05) is 0 Å². The molecule has 6 nitrogen and oxygen atoms in total. The molecule has 1 aromatic rings. The number of nitrogens with one attached hydrogen (secondary N) is 2. The van der Waals surface area contributed by atoms with Crippen LogP contribution < -0.4 is 10.6 Å². The van der Waals surface area contributed by atoms with Crippen molar-refractivity contribution < 1.29 is 32.2 Å². The second-order valence-electron chi connectivity index (χ2n) is 11.0. The molecule has 2 amide bonds. The number of nitrogens with zero attached hydrogens (tertiary/aromatic N) is 1. The topological polar surface area (TPSA) is 73.8 Å². The molecule has 1 aromatic carbocycles. The Morgan fingerprint density at radius 1 is 1.24 bits per heavy atom. The van der Waals surface area contributed by atoms with Crippen LogP contribution in [0, 0.1) is 23.5 Å². The molecule has 216 valence electrons. The Kier molecular flexibility index (Phi) is 11.2. The van der Waals surface area contributed by atoms with Crippen LogP contribution in [0.25, 0.3) is 0 Å². The number of carbonyl (C=O) groups excluding carboxylic acids is 1. The van der Waals surface area contributed by atoms with Gasteiger partial charge in [-0.15, -0.1) is 0 Å². The molecule has 1 unspecified atom stereocenters. The summed E-state index contributed by atoms with van der Waals surface area (Å²) in [5, 5.41) is 18.0. The van der Waals surface area contributed by atoms with Gasteiger partial charge in [-0.3, -0.25) is 0 Å². The van der Waals surface area contributed by atoms with Crippen molar-refractivity contribution in [2.75, 3.05) is 40.4 Å². The molecule has 1 saturated carbocycles. The molecule has 3 rings (SSSR count). The van der Waals surface area contributed by atoms with Gasteiger partial charge in [-0.25, -0.2) is 22.4 Å². The Balaban J connectivity index is 1.70. The smallest absolute Gasteiger partial charge is 0.317 e. The highest BCUT2D eigenvalue weighted by atomic mass is 19.3. The number of ether oxygens (including phenoxy) is 1. The van der Waals surface area contributed by atoms with Crippen LogP contribution in [0.4, 0.5) is 22.4 Å². The predicted octanol–water partition coefficient (Wildman–Crippen LogP) is 5.19. The van der Waals surface area contributed by atoms with E-state index in [2.05, 4.69) is 10.6 Å². The molecule has 3 atom stereocenters. The standard InChI is InChI=1S/C28H43F4N3O3/c1-33-18-22(17-20-10-13-27(31,32)14-11-20)34-26(36)35-15-6-7-21(19-35)28(37,12-3-4-16-38-2)23-8-5-9-24(29)25(23)30/h5,8-9,20-22,33,37H,3-4,6-7,10-19H2,1-2H3,(H,34,36)/t21-,22?,28+/m1/s1. The number of methoxy groups -OCH3 is 1. The summed E-state index contributed by atoms with van der Waals surface area (Å²) >= 11 is 0. The highest BCUT2D eigenvalue weighted by Gasteiger charge is 2.43. The summed E-state index contributed by atoms with van der Waals surface area (Å²) in [4.78, 5) is 14.9. The molecule has 0 bridgehead atoms. The first-order valence-corrected chi connectivity index (χ1v) is 13.8. The quantitative estimate of drug-likeness (QED) is 0.250. The second-order valence-corrected chi connectivity index (χ2v) is 11.0. The van der Waals surface area contributed by atoms with Crippen molar-refractivity contribution in [3.05, 3.63) is 35.4 Å². The van der Waals surface area contributed by atoms with E-state index in [0.717, 1.165) is 6.07 Å². The number of alkyl halides is 2. The first kappa shape index (κ1) is 30.6. The van der Waals surface area contributed by atoms with Gasteiger partial charge in [-0.05, 0) is 70.4 Å². The molecule has 0 aromatic heterocycles. The Hall–Kier alpha value is -1.91. The summed E-state index contributed by atoms with van der Waals surface area (Å²) in [5.41, 5.74) is -1.72.